The molecule has 0 heterocycles. The fraction of sp³-hybridized carbons (Fsp3) is 0.720. The van der Waals surface area contributed by atoms with Crippen LogP contribution >= 0.6 is 0 Å². The Morgan fingerprint density at radius 2 is 1.84 bits per heavy atom. The third-order valence-electron chi connectivity index (χ3n) is 8.30. The minimum absolute atomic E-state index is 0.0664. The SMILES string of the molecule is COc1ccc(CCNC(=O)CC2C(O)CCC3C(C)(CO)C(O)CCC23C)cc1OC. The van der Waals surface area contributed by atoms with E-state index >= 15 is 0 Å². The molecule has 1 aromatic carbocycles. The number of ether oxygens (including phenoxy) is 2. The van der Waals surface area contributed by atoms with Crippen molar-refractivity contribution in [2.45, 2.75) is 64.6 Å². The van der Waals surface area contributed by atoms with Crippen LogP contribution in [-0.4, -0.2) is 60.8 Å². The van der Waals surface area contributed by atoms with Crippen molar-refractivity contribution in [1.29, 1.82) is 0 Å². The first kappa shape index (κ1) is 24.8. The van der Waals surface area contributed by atoms with Gasteiger partial charge in [-0.15, -0.1) is 0 Å². The minimum Gasteiger partial charge on any atom is -0.493 e. The van der Waals surface area contributed by atoms with Crippen molar-refractivity contribution in [3.8, 4) is 11.5 Å². The van der Waals surface area contributed by atoms with Crippen LogP contribution in [0.3, 0.4) is 0 Å². The van der Waals surface area contributed by atoms with Crippen LogP contribution in [0.5, 0.6) is 11.5 Å². The molecule has 6 atom stereocenters. The normalized spacial score (nSPS) is 34.5. The first-order valence-corrected chi connectivity index (χ1v) is 11.6. The van der Waals surface area contributed by atoms with E-state index in [0.717, 1.165) is 18.4 Å². The molecule has 6 unspecified atom stereocenters. The molecule has 2 aliphatic rings. The van der Waals surface area contributed by atoms with Crippen molar-refractivity contribution in [1.82, 2.24) is 5.32 Å². The average molecular weight is 450 g/mol. The summed E-state index contributed by atoms with van der Waals surface area (Å²) in [5.74, 6) is 1.12. The van der Waals surface area contributed by atoms with Gasteiger partial charge < -0.3 is 30.1 Å². The molecule has 0 aliphatic heterocycles. The maximum Gasteiger partial charge on any atom is 0.220 e. The van der Waals surface area contributed by atoms with Gasteiger partial charge in [0.1, 0.15) is 0 Å². The predicted molar refractivity (Wildman–Crippen MR) is 122 cm³/mol. The van der Waals surface area contributed by atoms with Crippen molar-refractivity contribution in [2.75, 3.05) is 27.4 Å². The minimum atomic E-state index is -0.602. The molecular weight excluding hydrogens is 410 g/mol. The number of methoxy groups -OCH3 is 2. The van der Waals surface area contributed by atoms with Crippen LogP contribution in [0.2, 0.25) is 0 Å². The van der Waals surface area contributed by atoms with Crippen LogP contribution in [0.15, 0.2) is 18.2 Å². The Labute approximate surface area is 191 Å². The largest absolute Gasteiger partial charge is 0.493 e. The maximum atomic E-state index is 12.8. The fourth-order valence-electron chi connectivity index (χ4n) is 6.26. The Bertz CT molecular complexity index is 801. The number of aliphatic hydroxyl groups excluding tert-OH is 3. The molecule has 2 aliphatic carbocycles. The van der Waals surface area contributed by atoms with Crippen LogP contribution in [0.1, 0.15) is 51.5 Å². The monoisotopic (exact) mass is 449 g/mol. The van der Waals surface area contributed by atoms with Crippen LogP contribution in [0.25, 0.3) is 0 Å². The van der Waals surface area contributed by atoms with Gasteiger partial charge >= 0.3 is 0 Å². The van der Waals surface area contributed by atoms with Crippen molar-refractivity contribution >= 4 is 5.91 Å². The lowest BCUT2D eigenvalue weighted by Crippen LogP contribution is -2.60. The van der Waals surface area contributed by atoms with Gasteiger partial charge in [-0.25, -0.2) is 0 Å². The molecule has 180 valence electrons. The van der Waals surface area contributed by atoms with Gasteiger partial charge in [-0.2, -0.15) is 0 Å². The Morgan fingerprint density at radius 3 is 2.50 bits per heavy atom. The lowest BCUT2D eigenvalue weighted by Gasteiger charge is -2.60. The summed E-state index contributed by atoms with van der Waals surface area (Å²) in [4.78, 5) is 12.8. The van der Waals surface area contributed by atoms with E-state index in [1.807, 2.05) is 25.1 Å². The average Bonchev–Trinajstić information content (AvgIpc) is 2.79. The molecule has 4 N–H and O–H groups in total. The highest BCUT2D eigenvalue weighted by molar-refractivity contribution is 5.76. The lowest BCUT2D eigenvalue weighted by atomic mass is 9.46. The third-order valence-corrected chi connectivity index (χ3v) is 8.30. The molecule has 1 aromatic rings. The standard InChI is InChI=1S/C25H39NO6/c1-24-11-9-22(29)25(2,15-27)21(24)8-6-18(28)17(24)14-23(30)26-12-10-16-5-7-19(31-3)20(13-16)32-4/h5,7,13,17-18,21-22,27-29H,6,8-12,14-15H2,1-4H3,(H,26,30). The van der Waals surface area contributed by atoms with Crippen molar-refractivity contribution in [3.05, 3.63) is 23.8 Å². The summed E-state index contributed by atoms with van der Waals surface area (Å²) in [6.07, 6.45) is 2.47. The van der Waals surface area contributed by atoms with E-state index in [1.54, 1.807) is 14.2 Å². The lowest BCUT2D eigenvalue weighted by molar-refractivity contribution is -0.185. The van der Waals surface area contributed by atoms with E-state index in [4.69, 9.17) is 9.47 Å². The summed E-state index contributed by atoms with van der Waals surface area (Å²) in [5.41, 5.74) is 0.136. The van der Waals surface area contributed by atoms with Crippen LogP contribution in [0.4, 0.5) is 0 Å². The molecule has 7 nitrogen and oxygen atoms in total. The van der Waals surface area contributed by atoms with Crippen molar-refractivity contribution in [2.24, 2.45) is 22.7 Å². The molecule has 0 bridgehead atoms. The zero-order chi connectivity index (χ0) is 23.5. The number of benzene rings is 1. The molecule has 7 heteroatoms. The topological polar surface area (TPSA) is 108 Å². The summed E-state index contributed by atoms with van der Waals surface area (Å²) >= 11 is 0. The molecule has 2 saturated carbocycles. The Kier molecular flexibility index (Phi) is 7.73. The van der Waals surface area contributed by atoms with Gasteiger partial charge in [-0.3, -0.25) is 4.79 Å². The first-order valence-electron chi connectivity index (χ1n) is 11.6. The van der Waals surface area contributed by atoms with Crippen LogP contribution in [-0.2, 0) is 11.2 Å². The van der Waals surface area contributed by atoms with E-state index in [9.17, 15) is 20.1 Å². The summed E-state index contributed by atoms with van der Waals surface area (Å²) in [6.45, 7) is 4.47. The number of aliphatic hydroxyl groups is 3. The number of carbonyl (C=O) groups excluding carboxylic acids is 1. The maximum absolute atomic E-state index is 12.8. The van der Waals surface area contributed by atoms with Gasteiger partial charge in [0.25, 0.3) is 0 Å². The van der Waals surface area contributed by atoms with E-state index in [2.05, 4.69) is 12.2 Å². The molecule has 32 heavy (non-hydrogen) atoms. The fourth-order valence-corrected chi connectivity index (χ4v) is 6.26. The van der Waals surface area contributed by atoms with Gasteiger partial charge in [0, 0.05) is 18.4 Å². The Hall–Kier alpha value is -1.83. The summed E-state index contributed by atoms with van der Waals surface area (Å²) < 4.78 is 10.6. The molecule has 2 fully saturated rings. The van der Waals surface area contributed by atoms with Crippen molar-refractivity contribution < 1.29 is 29.6 Å². The Morgan fingerprint density at radius 1 is 1.12 bits per heavy atom. The number of hydrogen-bond acceptors (Lipinski definition) is 6. The molecule has 0 spiro atoms. The predicted octanol–water partition coefficient (Wildman–Crippen LogP) is 2.30. The van der Waals surface area contributed by atoms with Crippen LogP contribution < -0.4 is 14.8 Å². The quantitative estimate of drug-likeness (QED) is 0.485. The molecule has 1 amide bonds. The van der Waals surface area contributed by atoms with Gasteiger partial charge in [0.15, 0.2) is 11.5 Å². The second kappa shape index (κ2) is 9.98. The zero-order valence-electron chi connectivity index (χ0n) is 19.8. The molecular formula is C25H39NO6. The number of carbonyl (C=O) groups is 1. The van der Waals surface area contributed by atoms with E-state index in [0.29, 0.717) is 37.3 Å². The highest BCUT2D eigenvalue weighted by Crippen LogP contribution is 2.60. The van der Waals surface area contributed by atoms with E-state index in [1.165, 1.54) is 0 Å². The summed E-state index contributed by atoms with van der Waals surface area (Å²) in [5, 5.41) is 34.5. The molecule has 3 rings (SSSR count). The molecule has 0 saturated heterocycles. The van der Waals surface area contributed by atoms with Gasteiger partial charge in [-0.05, 0) is 67.1 Å². The smallest absolute Gasteiger partial charge is 0.220 e. The zero-order valence-corrected chi connectivity index (χ0v) is 19.8. The van der Waals surface area contributed by atoms with E-state index in [-0.39, 0.29) is 36.2 Å². The molecule has 0 radical (unpaired) electrons. The van der Waals surface area contributed by atoms with Crippen LogP contribution in [0, 0.1) is 22.7 Å². The number of nitrogens with one attached hydrogen (secondary N) is 1. The highest BCUT2D eigenvalue weighted by Gasteiger charge is 2.58. The van der Waals surface area contributed by atoms with E-state index < -0.39 is 17.6 Å². The second-order valence-electron chi connectivity index (χ2n) is 10.0. The second-order valence-corrected chi connectivity index (χ2v) is 10.0. The van der Waals surface area contributed by atoms with Gasteiger partial charge in [-0.1, -0.05) is 19.9 Å². The number of fused-ring (bicyclic) bond motifs is 1. The number of rotatable bonds is 8. The Balaban J connectivity index is 1.62. The first-order chi connectivity index (χ1) is 15.2. The molecule has 0 aromatic heterocycles. The number of amides is 1. The number of hydrogen-bond donors (Lipinski definition) is 4. The third kappa shape index (κ3) is 4.61. The van der Waals surface area contributed by atoms with Gasteiger partial charge in [0.05, 0.1) is 33.0 Å². The highest BCUT2D eigenvalue weighted by atomic mass is 16.5. The van der Waals surface area contributed by atoms with Gasteiger partial charge in [0.2, 0.25) is 5.91 Å². The van der Waals surface area contributed by atoms with Crippen molar-refractivity contribution in [3.63, 3.8) is 0 Å². The summed E-state index contributed by atoms with van der Waals surface area (Å²) in [7, 11) is 3.19. The summed E-state index contributed by atoms with van der Waals surface area (Å²) in [6, 6.07) is 5.71.